The number of β-amino-alcohol motifs (C(OH)–C–C–N with tert-alkyl or cyclic N) is 1. The van der Waals surface area contributed by atoms with E-state index in [-0.39, 0.29) is 6.61 Å². The average molecular weight is 159 g/mol. The molecule has 1 saturated heterocycles. The van der Waals surface area contributed by atoms with Crippen LogP contribution in [0.2, 0.25) is 0 Å². The first-order valence-electron chi connectivity index (χ1n) is 4.19. The third-order valence-electron chi connectivity index (χ3n) is 2.19. The Bertz CT molecular complexity index is 96.3. The molecule has 11 heavy (non-hydrogen) atoms. The van der Waals surface area contributed by atoms with Gasteiger partial charge in [0, 0.05) is 20.2 Å². The Labute approximate surface area is 68.0 Å². The molecule has 1 N–H and O–H groups in total. The molecule has 0 bridgehead atoms. The predicted octanol–water partition coefficient (Wildman–Crippen LogP) is -0.0530. The molecule has 0 aliphatic carbocycles. The highest BCUT2D eigenvalue weighted by Gasteiger charge is 2.21. The molecule has 1 aliphatic heterocycles. The van der Waals surface area contributed by atoms with Crippen LogP contribution in [0, 0.1) is 5.92 Å². The highest BCUT2D eigenvalue weighted by Crippen LogP contribution is 2.15. The van der Waals surface area contributed by atoms with E-state index in [1.807, 2.05) is 0 Å². The zero-order valence-electron chi connectivity index (χ0n) is 7.12. The lowest BCUT2D eigenvalue weighted by Crippen LogP contribution is -2.24. The fourth-order valence-corrected chi connectivity index (χ4v) is 1.63. The molecule has 0 radical (unpaired) electrons. The predicted molar refractivity (Wildman–Crippen MR) is 43.5 cm³/mol. The summed E-state index contributed by atoms with van der Waals surface area (Å²) in [7, 11) is 1.74. The van der Waals surface area contributed by atoms with Crippen LogP contribution in [0.15, 0.2) is 0 Å². The van der Waals surface area contributed by atoms with Crippen molar-refractivity contribution in [2.75, 3.05) is 40.0 Å². The Balaban J connectivity index is 2.12. The molecule has 0 unspecified atom stereocenters. The van der Waals surface area contributed by atoms with Crippen molar-refractivity contribution < 1.29 is 9.84 Å². The summed E-state index contributed by atoms with van der Waals surface area (Å²) in [5, 5.41) is 8.67. The van der Waals surface area contributed by atoms with Gasteiger partial charge in [0.1, 0.15) is 0 Å². The van der Waals surface area contributed by atoms with Crippen molar-refractivity contribution in [2.45, 2.75) is 6.42 Å². The summed E-state index contributed by atoms with van der Waals surface area (Å²) in [6.07, 6.45) is 1.22. The molecule has 0 saturated carbocycles. The smallest absolute Gasteiger partial charge is 0.0558 e. The van der Waals surface area contributed by atoms with Crippen LogP contribution in [0.4, 0.5) is 0 Å². The Morgan fingerprint density at radius 1 is 1.64 bits per heavy atom. The molecule has 0 amide bonds. The lowest BCUT2D eigenvalue weighted by molar-refractivity contribution is 0.149. The molecule has 0 spiro atoms. The fourth-order valence-electron chi connectivity index (χ4n) is 1.63. The highest BCUT2D eigenvalue weighted by molar-refractivity contribution is 4.74. The van der Waals surface area contributed by atoms with E-state index in [4.69, 9.17) is 9.84 Å². The molecule has 1 atom stereocenters. The number of rotatable bonds is 4. The van der Waals surface area contributed by atoms with E-state index in [0.717, 1.165) is 26.2 Å². The lowest BCUT2D eigenvalue weighted by Gasteiger charge is -2.13. The first kappa shape index (κ1) is 8.97. The molecule has 66 valence electrons. The van der Waals surface area contributed by atoms with E-state index in [1.165, 1.54) is 6.42 Å². The maximum absolute atomic E-state index is 8.67. The van der Waals surface area contributed by atoms with Gasteiger partial charge in [-0.25, -0.2) is 0 Å². The number of nitrogens with zero attached hydrogens (tertiary/aromatic N) is 1. The number of methoxy groups -OCH3 is 1. The minimum absolute atomic E-state index is 0.277. The van der Waals surface area contributed by atoms with E-state index >= 15 is 0 Å². The van der Waals surface area contributed by atoms with Crippen LogP contribution < -0.4 is 0 Å². The monoisotopic (exact) mass is 159 g/mol. The quantitative estimate of drug-likeness (QED) is 0.624. The van der Waals surface area contributed by atoms with Crippen LogP contribution in [-0.2, 0) is 4.74 Å². The molecular weight excluding hydrogens is 142 g/mol. The van der Waals surface area contributed by atoms with Gasteiger partial charge in [-0.3, -0.25) is 0 Å². The van der Waals surface area contributed by atoms with E-state index in [1.54, 1.807) is 7.11 Å². The number of ether oxygens (including phenoxy) is 1. The number of likely N-dealkylation sites (tertiary alicyclic amines) is 1. The van der Waals surface area contributed by atoms with Crippen LogP contribution in [0.3, 0.4) is 0 Å². The van der Waals surface area contributed by atoms with Gasteiger partial charge < -0.3 is 14.7 Å². The Morgan fingerprint density at radius 2 is 2.45 bits per heavy atom. The molecule has 1 fully saturated rings. The third kappa shape index (κ3) is 2.77. The standard InChI is InChI=1S/C8H17NO2/c1-11-7-8-2-3-9(6-8)4-5-10/h8,10H,2-7H2,1H3/t8-/m0/s1. The first-order chi connectivity index (χ1) is 5.36. The largest absolute Gasteiger partial charge is 0.395 e. The van der Waals surface area contributed by atoms with Crippen LogP contribution in [0.25, 0.3) is 0 Å². The van der Waals surface area contributed by atoms with Gasteiger partial charge in [-0.2, -0.15) is 0 Å². The lowest BCUT2D eigenvalue weighted by atomic mass is 10.1. The van der Waals surface area contributed by atoms with Gasteiger partial charge in [0.15, 0.2) is 0 Å². The summed E-state index contributed by atoms with van der Waals surface area (Å²) in [4.78, 5) is 2.28. The van der Waals surface area contributed by atoms with Crippen molar-refractivity contribution in [2.24, 2.45) is 5.92 Å². The minimum atomic E-state index is 0.277. The first-order valence-corrected chi connectivity index (χ1v) is 4.19. The van der Waals surface area contributed by atoms with Crippen molar-refractivity contribution in [3.8, 4) is 0 Å². The van der Waals surface area contributed by atoms with E-state index < -0.39 is 0 Å². The maximum Gasteiger partial charge on any atom is 0.0558 e. The molecule has 0 aromatic carbocycles. The van der Waals surface area contributed by atoms with Crippen molar-refractivity contribution in [3.05, 3.63) is 0 Å². The van der Waals surface area contributed by atoms with Gasteiger partial charge in [-0.05, 0) is 18.9 Å². The Hall–Kier alpha value is -0.120. The summed E-state index contributed by atoms with van der Waals surface area (Å²) < 4.78 is 5.06. The molecule has 3 nitrogen and oxygen atoms in total. The number of hydrogen-bond acceptors (Lipinski definition) is 3. The van der Waals surface area contributed by atoms with Crippen molar-refractivity contribution >= 4 is 0 Å². The topological polar surface area (TPSA) is 32.7 Å². The summed E-state index contributed by atoms with van der Waals surface area (Å²) >= 11 is 0. The summed E-state index contributed by atoms with van der Waals surface area (Å²) in [6, 6.07) is 0. The maximum atomic E-state index is 8.67. The molecule has 1 heterocycles. The number of aliphatic hydroxyl groups excluding tert-OH is 1. The number of aliphatic hydroxyl groups is 1. The molecular formula is C8H17NO2. The molecule has 0 aromatic rings. The normalized spacial score (nSPS) is 26.2. The second kappa shape index (κ2) is 4.70. The van der Waals surface area contributed by atoms with Crippen LogP contribution in [0.1, 0.15) is 6.42 Å². The molecule has 0 aromatic heterocycles. The van der Waals surface area contributed by atoms with Crippen LogP contribution >= 0.6 is 0 Å². The van der Waals surface area contributed by atoms with Crippen molar-refractivity contribution in [3.63, 3.8) is 0 Å². The second-order valence-electron chi connectivity index (χ2n) is 3.13. The zero-order valence-corrected chi connectivity index (χ0v) is 7.12. The van der Waals surface area contributed by atoms with Crippen molar-refractivity contribution in [1.82, 2.24) is 4.90 Å². The fraction of sp³-hybridized carbons (Fsp3) is 1.00. The van der Waals surface area contributed by atoms with Gasteiger partial charge in [-0.1, -0.05) is 0 Å². The third-order valence-corrected chi connectivity index (χ3v) is 2.19. The summed E-state index contributed by atoms with van der Waals surface area (Å²) in [5.74, 6) is 0.687. The van der Waals surface area contributed by atoms with E-state index in [0.29, 0.717) is 5.92 Å². The van der Waals surface area contributed by atoms with Gasteiger partial charge in [0.25, 0.3) is 0 Å². The summed E-state index contributed by atoms with van der Waals surface area (Å²) in [5.41, 5.74) is 0. The van der Waals surface area contributed by atoms with Crippen LogP contribution in [0.5, 0.6) is 0 Å². The molecule has 1 aliphatic rings. The summed E-state index contributed by atoms with van der Waals surface area (Å²) in [6.45, 7) is 4.17. The van der Waals surface area contributed by atoms with E-state index in [2.05, 4.69) is 4.90 Å². The number of hydrogen-bond donors (Lipinski definition) is 1. The Kier molecular flexibility index (Phi) is 3.83. The van der Waals surface area contributed by atoms with Gasteiger partial charge in [0.2, 0.25) is 0 Å². The van der Waals surface area contributed by atoms with Crippen LogP contribution in [-0.4, -0.2) is 50.0 Å². The second-order valence-corrected chi connectivity index (χ2v) is 3.13. The SMILES string of the molecule is COC[C@H]1CCN(CCO)C1. The van der Waals surface area contributed by atoms with Gasteiger partial charge in [-0.15, -0.1) is 0 Å². The molecule has 1 rings (SSSR count). The minimum Gasteiger partial charge on any atom is -0.395 e. The zero-order chi connectivity index (χ0) is 8.10. The average Bonchev–Trinajstić information content (AvgIpc) is 2.38. The molecule has 3 heteroatoms. The van der Waals surface area contributed by atoms with Gasteiger partial charge in [0.05, 0.1) is 13.2 Å². The Morgan fingerprint density at radius 3 is 3.09 bits per heavy atom. The van der Waals surface area contributed by atoms with Gasteiger partial charge >= 0.3 is 0 Å². The van der Waals surface area contributed by atoms with E-state index in [9.17, 15) is 0 Å². The van der Waals surface area contributed by atoms with Crippen molar-refractivity contribution in [1.29, 1.82) is 0 Å². The highest BCUT2D eigenvalue weighted by atomic mass is 16.5.